The molecular weight excluding hydrogens is 657 g/mol. The summed E-state index contributed by atoms with van der Waals surface area (Å²) < 4.78 is 5.81. The van der Waals surface area contributed by atoms with Crippen LogP contribution in [0.3, 0.4) is 0 Å². The molecule has 0 spiro atoms. The number of hydrogen-bond acceptors (Lipinski definition) is 8. The van der Waals surface area contributed by atoms with Crippen LogP contribution in [-0.2, 0) is 16.1 Å². The first-order chi connectivity index (χ1) is 22.5. The van der Waals surface area contributed by atoms with Gasteiger partial charge in [-0.05, 0) is 53.0 Å². The summed E-state index contributed by atoms with van der Waals surface area (Å²) in [7, 11) is 0. The Morgan fingerprint density at radius 3 is 1.83 bits per heavy atom. The standard InChI is InChI=1S/C36H33Cl2N3O7/c1-35(2)15-26-32(28(42)17-35)31(33-27(16-36(3,4)18-29(33)43)39(26)19-20-8-6-5-7-9-20)21-12-23(37)34(24(38)13-21)48-30-11-10-22(40(44)45)14-25(30)41(46)47/h5-14,31H,15-19H2,1-4H3. The van der Waals surface area contributed by atoms with Crippen molar-refractivity contribution in [2.45, 2.75) is 65.8 Å². The van der Waals surface area contributed by atoms with E-state index in [1.54, 1.807) is 12.1 Å². The molecule has 0 saturated carbocycles. The second-order valence-electron chi connectivity index (χ2n) is 14.2. The van der Waals surface area contributed by atoms with Crippen LogP contribution in [0.4, 0.5) is 11.4 Å². The number of nitro benzene ring substituents is 2. The van der Waals surface area contributed by atoms with Crippen LogP contribution in [0.15, 0.2) is 83.2 Å². The number of allylic oxidation sites excluding steroid dienone is 4. The molecule has 1 heterocycles. The van der Waals surface area contributed by atoms with Gasteiger partial charge in [-0.1, -0.05) is 81.2 Å². The fourth-order valence-corrected chi connectivity index (χ4v) is 7.72. The third-order valence-electron chi connectivity index (χ3n) is 9.12. The molecule has 2 aliphatic carbocycles. The Bertz CT molecular complexity index is 1890. The second-order valence-corrected chi connectivity index (χ2v) is 15.0. The third-order valence-corrected chi connectivity index (χ3v) is 9.68. The maximum absolute atomic E-state index is 14.2. The summed E-state index contributed by atoms with van der Waals surface area (Å²) in [5, 5.41) is 22.9. The van der Waals surface area contributed by atoms with Crippen molar-refractivity contribution in [3.63, 3.8) is 0 Å². The molecule has 12 heteroatoms. The van der Waals surface area contributed by atoms with E-state index in [0.29, 0.717) is 48.9 Å². The smallest absolute Gasteiger partial charge is 0.318 e. The van der Waals surface area contributed by atoms with Gasteiger partial charge in [-0.25, -0.2) is 0 Å². The van der Waals surface area contributed by atoms with Crippen LogP contribution in [0.5, 0.6) is 11.5 Å². The van der Waals surface area contributed by atoms with Gasteiger partial charge >= 0.3 is 5.69 Å². The minimum Gasteiger partial charge on any atom is -0.447 e. The van der Waals surface area contributed by atoms with Crippen molar-refractivity contribution in [1.29, 1.82) is 0 Å². The van der Waals surface area contributed by atoms with Crippen LogP contribution < -0.4 is 4.74 Å². The molecule has 0 aromatic heterocycles. The number of carbonyl (C=O) groups excluding carboxylic acids is 2. The molecule has 3 aromatic rings. The quantitative estimate of drug-likeness (QED) is 0.177. The van der Waals surface area contributed by atoms with Crippen LogP contribution in [0.2, 0.25) is 10.0 Å². The van der Waals surface area contributed by atoms with Crippen molar-refractivity contribution in [2.75, 3.05) is 0 Å². The molecule has 0 radical (unpaired) electrons. The molecule has 3 aromatic carbocycles. The Hall–Kier alpha value is -4.54. The number of halogens is 2. The Morgan fingerprint density at radius 1 is 0.792 bits per heavy atom. The molecule has 0 N–H and O–H groups in total. The zero-order valence-corrected chi connectivity index (χ0v) is 28.4. The first kappa shape index (κ1) is 33.4. The van der Waals surface area contributed by atoms with Crippen molar-refractivity contribution in [1.82, 2.24) is 4.90 Å². The molecule has 0 unspecified atom stereocenters. The molecule has 48 heavy (non-hydrogen) atoms. The van der Waals surface area contributed by atoms with Gasteiger partial charge in [0.25, 0.3) is 5.69 Å². The van der Waals surface area contributed by atoms with Crippen LogP contribution in [0.25, 0.3) is 0 Å². The summed E-state index contributed by atoms with van der Waals surface area (Å²) >= 11 is 13.5. The van der Waals surface area contributed by atoms with Crippen LogP contribution in [-0.4, -0.2) is 26.3 Å². The van der Waals surface area contributed by atoms with Crippen LogP contribution >= 0.6 is 23.2 Å². The number of Topliss-reactive ketones (excluding diaryl/α,β-unsaturated/α-hetero) is 2. The molecule has 0 saturated heterocycles. The Morgan fingerprint density at radius 2 is 1.33 bits per heavy atom. The lowest BCUT2D eigenvalue weighted by Gasteiger charge is -2.49. The number of nitro groups is 2. The van der Waals surface area contributed by atoms with Gasteiger partial charge in [-0.15, -0.1) is 0 Å². The molecule has 10 nitrogen and oxygen atoms in total. The summed E-state index contributed by atoms with van der Waals surface area (Å²) in [6.07, 6.45) is 1.84. The molecule has 0 bridgehead atoms. The first-order valence-electron chi connectivity index (χ1n) is 15.5. The monoisotopic (exact) mass is 689 g/mol. The van der Waals surface area contributed by atoms with E-state index in [2.05, 4.69) is 32.6 Å². The summed E-state index contributed by atoms with van der Waals surface area (Å²) in [4.78, 5) is 51.9. The summed E-state index contributed by atoms with van der Waals surface area (Å²) in [5.41, 5.74) is 2.68. The number of carbonyl (C=O) groups is 2. The number of hydrogen-bond donors (Lipinski definition) is 0. The lowest BCUT2D eigenvalue weighted by atomic mass is 9.63. The van der Waals surface area contributed by atoms with Crippen molar-refractivity contribution < 1.29 is 24.2 Å². The van der Waals surface area contributed by atoms with Gasteiger partial charge in [0.05, 0.1) is 26.0 Å². The van der Waals surface area contributed by atoms with Gasteiger partial charge in [-0.2, -0.15) is 0 Å². The largest absolute Gasteiger partial charge is 0.447 e. The number of rotatable bonds is 7. The summed E-state index contributed by atoms with van der Waals surface area (Å²) in [6.45, 7) is 8.78. The predicted molar refractivity (Wildman–Crippen MR) is 181 cm³/mol. The van der Waals surface area contributed by atoms with Gasteiger partial charge in [0.15, 0.2) is 17.3 Å². The molecule has 0 atom stereocenters. The maximum atomic E-state index is 14.2. The minimum absolute atomic E-state index is 0.00616. The van der Waals surface area contributed by atoms with E-state index in [0.717, 1.165) is 35.2 Å². The van der Waals surface area contributed by atoms with Crippen molar-refractivity contribution in [3.05, 3.63) is 125 Å². The van der Waals surface area contributed by atoms with Gasteiger partial charge in [0, 0.05) is 53.9 Å². The van der Waals surface area contributed by atoms with E-state index >= 15 is 0 Å². The van der Waals surface area contributed by atoms with Crippen molar-refractivity contribution in [3.8, 4) is 11.5 Å². The van der Waals surface area contributed by atoms with E-state index in [1.165, 1.54) is 0 Å². The maximum Gasteiger partial charge on any atom is 0.318 e. The van der Waals surface area contributed by atoms with E-state index in [4.69, 9.17) is 27.9 Å². The molecule has 3 aliphatic rings. The minimum atomic E-state index is -0.796. The molecule has 0 amide bonds. The normalized spacial score (nSPS) is 18.8. The summed E-state index contributed by atoms with van der Waals surface area (Å²) in [5.74, 6) is -1.23. The SMILES string of the molecule is CC1(C)CC(=O)C2=C(C1)N(Cc1ccccc1)C1=C(C(=O)CC(C)(C)C1)C2c1cc(Cl)c(Oc2ccc([N+](=O)[O-])cc2[N+](=O)[O-])c(Cl)c1. The number of nitrogens with zero attached hydrogens (tertiary/aromatic N) is 3. The van der Waals surface area contributed by atoms with E-state index < -0.39 is 27.1 Å². The van der Waals surface area contributed by atoms with Gasteiger partial charge in [-0.3, -0.25) is 29.8 Å². The topological polar surface area (TPSA) is 133 Å². The molecular formula is C36H33Cl2N3O7. The zero-order chi connectivity index (χ0) is 34.7. The van der Waals surface area contributed by atoms with Gasteiger partial charge < -0.3 is 9.64 Å². The number of non-ortho nitro benzene ring substituents is 1. The van der Waals surface area contributed by atoms with Crippen molar-refractivity contribution in [2.24, 2.45) is 10.8 Å². The van der Waals surface area contributed by atoms with Crippen molar-refractivity contribution >= 4 is 46.1 Å². The highest BCUT2D eigenvalue weighted by Gasteiger charge is 2.49. The van der Waals surface area contributed by atoms with Crippen LogP contribution in [0, 0.1) is 31.1 Å². The highest BCUT2D eigenvalue weighted by molar-refractivity contribution is 6.37. The number of benzene rings is 3. The average molecular weight is 691 g/mol. The van der Waals surface area contributed by atoms with Gasteiger partial charge in [0.2, 0.25) is 5.75 Å². The zero-order valence-electron chi connectivity index (χ0n) is 26.8. The molecule has 248 valence electrons. The van der Waals surface area contributed by atoms with E-state index in [-0.39, 0.29) is 43.9 Å². The molecule has 0 fully saturated rings. The Labute approximate surface area is 287 Å². The Balaban J connectivity index is 1.51. The lowest BCUT2D eigenvalue weighted by Crippen LogP contribution is -2.44. The van der Waals surface area contributed by atoms with Crippen LogP contribution in [0.1, 0.15) is 70.4 Å². The highest BCUT2D eigenvalue weighted by atomic mass is 35.5. The number of ether oxygens (including phenoxy) is 1. The van der Waals surface area contributed by atoms with E-state index in [9.17, 15) is 29.8 Å². The lowest BCUT2D eigenvalue weighted by molar-refractivity contribution is -0.394. The first-order valence-corrected chi connectivity index (χ1v) is 16.2. The highest BCUT2D eigenvalue weighted by Crippen LogP contribution is 2.56. The Kier molecular flexibility index (Phi) is 8.46. The second kappa shape index (κ2) is 12.2. The number of ketones is 2. The summed E-state index contributed by atoms with van der Waals surface area (Å²) in [6, 6.07) is 16.1. The van der Waals surface area contributed by atoms with E-state index in [1.807, 2.05) is 30.3 Å². The third kappa shape index (κ3) is 6.22. The van der Waals surface area contributed by atoms with Gasteiger partial charge in [0.1, 0.15) is 0 Å². The predicted octanol–water partition coefficient (Wildman–Crippen LogP) is 9.49. The molecule has 6 rings (SSSR count). The fraction of sp³-hybridized carbons (Fsp3) is 0.333. The average Bonchev–Trinajstić information content (AvgIpc) is 2.98. The fourth-order valence-electron chi connectivity index (χ4n) is 7.14. The molecule has 1 aliphatic heterocycles.